The van der Waals surface area contributed by atoms with E-state index in [0.29, 0.717) is 11.3 Å². The number of hydrogen-bond acceptors (Lipinski definition) is 6. The molecule has 0 aliphatic carbocycles. The molecule has 0 saturated heterocycles. The van der Waals surface area contributed by atoms with Crippen LogP contribution in [0, 0.1) is 11.3 Å². The zero-order valence-corrected chi connectivity index (χ0v) is 15.9. The molecule has 0 spiro atoms. The van der Waals surface area contributed by atoms with Gasteiger partial charge in [-0.05, 0) is 48.5 Å². The second-order valence-electron chi connectivity index (χ2n) is 5.71. The molecule has 2 N–H and O–H groups in total. The fourth-order valence-electron chi connectivity index (χ4n) is 2.42. The van der Waals surface area contributed by atoms with Crippen molar-refractivity contribution >= 4 is 25.9 Å². The minimum atomic E-state index is -3.97. The maximum Gasteiger partial charge on any atom is 0.238 e. The monoisotopic (exact) mass is 414 g/mol. The molecule has 0 fully saturated rings. The molecule has 2 aromatic carbocycles. The number of primary sulfonamides is 1. The molecule has 0 bridgehead atoms. The first-order chi connectivity index (χ1) is 13.2. The highest BCUT2D eigenvalue weighted by molar-refractivity contribution is 7.95. The van der Waals surface area contributed by atoms with E-state index >= 15 is 0 Å². The lowest BCUT2D eigenvalue weighted by Gasteiger charge is -2.02. The molecular formula is C19H14N2O5S2. The maximum absolute atomic E-state index is 12.6. The third kappa shape index (κ3) is 4.04. The highest BCUT2D eigenvalue weighted by Gasteiger charge is 2.21. The number of furan rings is 1. The van der Waals surface area contributed by atoms with Crippen molar-refractivity contribution in [2.75, 3.05) is 0 Å². The number of nitrogens with two attached hydrogens (primary N) is 1. The first kappa shape index (κ1) is 19.6. The average Bonchev–Trinajstić information content (AvgIpc) is 3.15. The van der Waals surface area contributed by atoms with Gasteiger partial charge in [0, 0.05) is 11.6 Å². The quantitative estimate of drug-likeness (QED) is 0.639. The van der Waals surface area contributed by atoms with Gasteiger partial charge < -0.3 is 4.42 Å². The van der Waals surface area contributed by atoms with Crippen LogP contribution in [0.4, 0.5) is 0 Å². The van der Waals surface area contributed by atoms with Crippen molar-refractivity contribution in [1.29, 1.82) is 5.26 Å². The third-order valence-corrected chi connectivity index (χ3v) is 6.43. The van der Waals surface area contributed by atoms with E-state index in [1.54, 1.807) is 30.3 Å². The molecule has 1 heterocycles. The first-order valence-corrected chi connectivity index (χ1v) is 10.9. The molecule has 0 amide bonds. The van der Waals surface area contributed by atoms with E-state index in [4.69, 9.17) is 9.56 Å². The molecule has 0 aliphatic rings. The zero-order valence-electron chi connectivity index (χ0n) is 14.3. The van der Waals surface area contributed by atoms with Crippen LogP contribution in [0.2, 0.25) is 0 Å². The van der Waals surface area contributed by atoms with Crippen molar-refractivity contribution in [2.45, 2.75) is 9.79 Å². The average molecular weight is 414 g/mol. The van der Waals surface area contributed by atoms with Crippen LogP contribution in [0.3, 0.4) is 0 Å². The molecule has 142 valence electrons. The Morgan fingerprint density at radius 3 is 2.11 bits per heavy atom. The van der Waals surface area contributed by atoms with Crippen LogP contribution in [0.25, 0.3) is 17.4 Å². The Bertz CT molecular complexity index is 1280. The van der Waals surface area contributed by atoms with Crippen molar-refractivity contribution < 1.29 is 21.3 Å². The number of sulfone groups is 1. The lowest BCUT2D eigenvalue weighted by atomic mass is 10.2. The number of sulfonamides is 1. The van der Waals surface area contributed by atoms with Crippen LogP contribution in [0.15, 0.2) is 85.8 Å². The Kier molecular flexibility index (Phi) is 5.20. The molecule has 7 nitrogen and oxygen atoms in total. The summed E-state index contributed by atoms with van der Waals surface area (Å²) in [5.41, 5.74) is 0.566. The summed E-state index contributed by atoms with van der Waals surface area (Å²) >= 11 is 0. The smallest absolute Gasteiger partial charge is 0.238 e. The van der Waals surface area contributed by atoms with Crippen molar-refractivity contribution in [1.82, 2.24) is 0 Å². The van der Waals surface area contributed by atoms with E-state index in [1.807, 2.05) is 0 Å². The van der Waals surface area contributed by atoms with E-state index in [-0.39, 0.29) is 15.6 Å². The number of benzene rings is 2. The fraction of sp³-hybridized carbons (Fsp3) is 0. The molecule has 0 radical (unpaired) electrons. The molecule has 0 saturated carbocycles. The summed E-state index contributed by atoms with van der Waals surface area (Å²) in [6, 6.07) is 18.1. The van der Waals surface area contributed by atoms with Crippen LogP contribution >= 0.6 is 0 Å². The molecule has 0 aliphatic heterocycles. The van der Waals surface area contributed by atoms with Crippen LogP contribution in [0.5, 0.6) is 0 Å². The minimum absolute atomic E-state index is 0.00756. The summed E-state index contributed by atoms with van der Waals surface area (Å²) in [5.74, 6) is 0.545. The van der Waals surface area contributed by atoms with Crippen molar-refractivity contribution in [2.24, 2.45) is 5.14 Å². The molecule has 1 aromatic heterocycles. The largest absolute Gasteiger partial charge is 0.457 e. The lowest BCUT2D eigenvalue weighted by molar-refractivity contribution is 0.571. The summed E-state index contributed by atoms with van der Waals surface area (Å²) in [6.45, 7) is 0. The number of rotatable bonds is 5. The summed E-state index contributed by atoms with van der Waals surface area (Å²) in [4.78, 5) is -0.485. The van der Waals surface area contributed by atoms with Crippen molar-refractivity contribution in [3.63, 3.8) is 0 Å². The molecular weight excluding hydrogens is 400 g/mol. The van der Waals surface area contributed by atoms with Gasteiger partial charge in [0.1, 0.15) is 17.6 Å². The van der Waals surface area contributed by atoms with E-state index in [9.17, 15) is 22.1 Å². The van der Waals surface area contributed by atoms with E-state index in [0.717, 1.165) is 6.08 Å². The van der Waals surface area contributed by atoms with E-state index < -0.39 is 24.8 Å². The second kappa shape index (κ2) is 7.44. The zero-order chi connectivity index (χ0) is 20.4. The van der Waals surface area contributed by atoms with Crippen LogP contribution in [-0.4, -0.2) is 16.8 Å². The van der Waals surface area contributed by atoms with Crippen LogP contribution in [-0.2, 0) is 19.9 Å². The Hall–Kier alpha value is -3.19. The van der Waals surface area contributed by atoms with E-state index in [1.165, 1.54) is 42.5 Å². The van der Waals surface area contributed by atoms with Crippen LogP contribution in [0.1, 0.15) is 5.76 Å². The lowest BCUT2D eigenvalue weighted by Crippen LogP contribution is -2.11. The normalized spacial score (nSPS) is 12.5. The fourth-order valence-corrected chi connectivity index (χ4v) is 4.10. The Labute approximate surface area is 162 Å². The second-order valence-corrected chi connectivity index (χ2v) is 9.19. The standard InChI is InChI=1S/C19H14N2O5S2/c20-13-18(27(22,23)16-4-2-1-3-5-16)12-15-8-11-19(26-15)14-6-9-17(10-7-14)28(21,24)25/h1-12H,(H2,21,24,25). The van der Waals surface area contributed by atoms with Gasteiger partial charge in [-0.25, -0.2) is 22.0 Å². The van der Waals surface area contributed by atoms with Crippen LogP contribution < -0.4 is 5.14 Å². The first-order valence-electron chi connectivity index (χ1n) is 7.87. The highest BCUT2D eigenvalue weighted by Crippen LogP contribution is 2.26. The molecule has 28 heavy (non-hydrogen) atoms. The van der Waals surface area contributed by atoms with Gasteiger partial charge in [0.25, 0.3) is 0 Å². The topological polar surface area (TPSA) is 131 Å². The number of hydrogen-bond donors (Lipinski definition) is 1. The summed E-state index contributed by atoms with van der Waals surface area (Å²) in [5, 5.41) is 14.4. The molecule has 9 heteroatoms. The van der Waals surface area contributed by atoms with Gasteiger partial charge in [0.15, 0.2) is 4.91 Å². The van der Waals surface area contributed by atoms with Crippen molar-refractivity contribution in [3.05, 3.63) is 77.4 Å². The maximum atomic E-state index is 12.6. The number of nitriles is 1. The molecule has 0 atom stereocenters. The minimum Gasteiger partial charge on any atom is -0.457 e. The molecule has 3 aromatic rings. The van der Waals surface area contributed by atoms with Gasteiger partial charge in [-0.2, -0.15) is 5.26 Å². The Morgan fingerprint density at radius 2 is 1.54 bits per heavy atom. The summed E-state index contributed by atoms with van der Waals surface area (Å²) in [6.07, 6.45) is 1.14. The number of allylic oxidation sites excluding steroid dienone is 1. The SMILES string of the molecule is N#CC(=Cc1ccc(-c2ccc(S(N)(=O)=O)cc2)o1)S(=O)(=O)c1ccccc1. The van der Waals surface area contributed by atoms with Gasteiger partial charge in [-0.15, -0.1) is 0 Å². The van der Waals surface area contributed by atoms with Gasteiger partial charge in [-0.3, -0.25) is 0 Å². The number of nitrogens with zero attached hydrogens (tertiary/aromatic N) is 1. The highest BCUT2D eigenvalue weighted by atomic mass is 32.2. The van der Waals surface area contributed by atoms with Crippen molar-refractivity contribution in [3.8, 4) is 17.4 Å². The van der Waals surface area contributed by atoms with Gasteiger partial charge in [0.2, 0.25) is 19.9 Å². The third-order valence-electron chi connectivity index (χ3n) is 3.82. The predicted molar refractivity (Wildman–Crippen MR) is 103 cm³/mol. The van der Waals surface area contributed by atoms with Gasteiger partial charge in [-0.1, -0.05) is 18.2 Å². The van der Waals surface area contributed by atoms with Gasteiger partial charge >= 0.3 is 0 Å². The Morgan fingerprint density at radius 1 is 0.893 bits per heavy atom. The predicted octanol–water partition coefficient (Wildman–Crippen LogP) is 2.93. The molecule has 3 rings (SSSR count). The van der Waals surface area contributed by atoms with Gasteiger partial charge in [0.05, 0.1) is 9.79 Å². The van der Waals surface area contributed by atoms with E-state index in [2.05, 4.69) is 0 Å². The summed E-state index contributed by atoms with van der Waals surface area (Å²) < 4.78 is 53.4. The molecule has 0 unspecified atom stereocenters. The Balaban J connectivity index is 1.94. The summed E-state index contributed by atoms with van der Waals surface area (Å²) in [7, 11) is -7.77.